The number of phenolic OH excluding ortho intramolecular Hbond substituents is 1. The summed E-state index contributed by atoms with van der Waals surface area (Å²) < 4.78 is 0. The number of aromatic hydroxyl groups is 1. The maximum atomic E-state index is 12.0. The van der Waals surface area contributed by atoms with Gasteiger partial charge in [-0.25, -0.2) is 0 Å². The second kappa shape index (κ2) is 19.4. The van der Waals surface area contributed by atoms with E-state index in [2.05, 4.69) is 19.1 Å². The Kier molecular flexibility index (Phi) is 17.1. The van der Waals surface area contributed by atoms with Crippen molar-refractivity contribution in [2.45, 2.75) is 122 Å². The number of ketones is 1. The highest BCUT2D eigenvalue weighted by Crippen LogP contribution is 2.14. The van der Waals surface area contributed by atoms with Crippen LogP contribution in [0, 0.1) is 0 Å². The number of unbranched alkanes of at least 4 members (excludes halogenated alkanes) is 12. The van der Waals surface area contributed by atoms with Gasteiger partial charge in [0.25, 0.3) is 0 Å². The van der Waals surface area contributed by atoms with Gasteiger partial charge in [-0.3, -0.25) is 4.79 Å². The number of benzene rings is 1. The van der Waals surface area contributed by atoms with Crippen molar-refractivity contribution in [3.05, 3.63) is 42.0 Å². The third-order valence-electron chi connectivity index (χ3n) is 5.82. The van der Waals surface area contributed by atoms with Gasteiger partial charge in [0.05, 0.1) is 0 Å². The Bertz CT molecular complexity index is 544. The van der Waals surface area contributed by atoms with Gasteiger partial charge >= 0.3 is 0 Å². The maximum Gasteiger partial charge on any atom is 0.132 e. The summed E-state index contributed by atoms with van der Waals surface area (Å²) >= 11 is 0. The SMILES string of the molecule is CCCCCCCC/C=C\CCCCCCCC(=O)CCCCc1ccc(O)cc1. The fraction of sp³-hybridized carbons (Fsp3) is 0.679. The number of Topliss-reactive ketones (excluding diaryl/α,β-unsaturated/α-hetero) is 1. The Morgan fingerprint density at radius 1 is 0.700 bits per heavy atom. The van der Waals surface area contributed by atoms with Gasteiger partial charge in [0, 0.05) is 12.8 Å². The summed E-state index contributed by atoms with van der Waals surface area (Å²) in [4.78, 5) is 12.0. The molecular weight excluding hydrogens is 368 g/mol. The summed E-state index contributed by atoms with van der Waals surface area (Å²) in [7, 11) is 0. The fourth-order valence-electron chi connectivity index (χ4n) is 3.83. The van der Waals surface area contributed by atoms with Crippen molar-refractivity contribution in [2.24, 2.45) is 0 Å². The molecule has 0 atom stereocenters. The van der Waals surface area contributed by atoms with Crippen LogP contribution in [0.25, 0.3) is 0 Å². The van der Waals surface area contributed by atoms with E-state index in [1.54, 1.807) is 12.1 Å². The number of hydrogen-bond acceptors (Lipinski definition) is 2. The monoisotopic (exact) mass is 414 g/mol. The van der Waals surface area contributed by atoms with E-state index in [4.69, 9.17) is 0 Å². The molecule has 170 valence electrons. The van der Waals surface area contributed by atoms with Crippen LogP contribution in [0.4, 0.5) is 0 Å². The van der Waals surface area contributed by atoms with E-state index in [1.807, 2.05) is 12.1 Å². The Labute approximate surface area is 186 Å². The van der Waals surface area contributed by atoms with Crippen LogP contribution < -0.4 is 0 Å². The molecule has 2 nitrogen and oxygen atoms in total. The molecule has 1 rings (SSSR count). The molecule has 0 saturated carbocycles. The molecule has 0 amide bonds. The van der Waals surface area contributed by atoms with Gasteiger partial charge in [-0.05, 0) is 69.1 Å². The lowest BCUT2D eigenvalue weighted by atomic mass is 10.0. The van der Waals surface area contributed by atoms with Crippen LogP contribution in [-0.2, 0) is 11.2 Å². The highest BCUT2D eigenvalue weighted by Gasteiger charge is 2.02. The molecule has 2 heteroatoms. The van der Waals surface area contributed by atoms with Crippen LogP contribution >= 0.6 is 0 Å². The van der Waals surface area contributed by atoms with Crippen molar-refractivity contribution in [2.75, 3.05) is 0 Å². The van der Waals surface area contributed by atoms with Crippen molar-refractivity contribution in [3.8, 4) is 5.75 Å². The normalized spacial score (nSPS) is 11.4. The van der Waals surface area contributed by atoms with Gasteiger partial charge in [-0.15, -0.1) is 0 Å². The molecule has 0 spiro atoms. The molecule has 1 aromatic rings. The number of phenols is 1. The van der Waals surface area contributed by atoms with Gasteiger partial charge in [-0.2, -0.15) is 0 Å². The first-order chi connectivity index (χ1) is 14.7. The topological polar surface area (TPSA) is 37.3 Å². The van der Waals surface area contributed by atoms with Crippen LogP contribution in [0.3, 0.4) is 0 Å². The molecule has 1 aromatic carbocycles. The lowest BCUT2D eigenvalue weighted by Gasteiger charge is -2.03. The van der Waals surface area contributed by atoms with Crippen LogP contribution in [0.15, 0.2) is 36.4 Å². The minimum atomic E-state index is 0.314. The molecule has 0 fully saturated rings. The van der Waals surface area contributed by atoms with Gasteiger partial charge in [0.15, 0.2) is 0 Å². The quantitative estimate of drug-likeness (QED) is 0.171. The number of aryl methyl sites for hydroxylation is 1. The van der Waals surface area contributed by atoms with Gasteiger partial charge in [0.1, 0.15) is 11.5 Å². The van der Waals surface area contributed by atoms with Crippen molar-refractivity contribution in [1.29, 1.82) is 0 Å². The molecule has 0 aliphatic heterocycles. The highest BCUT2D eigenvalue weighted by molar-refractivity contribution is 5.78. The molecule has 0 aliphatic rings. The average Bonchev–Trinajstić information content (AvgIpc) is 2.75. The molecule has 0 unspecified atom stereocenters. The predicted octanol–water partition coefficient (Wildman–Crippen LogP) is 8.71. The first-order valence-corrected chi connectivity index (χ1v) is 12.7. The average molecular weight is 415 g/mol. The number of carbonyl (C=O) groups excluding carboxylic acids is 1. The van der Waals surface area contributed by atoms with E-state index in [-0.39, 0.29) is 0 Å². The van der Waals surface area contributed by atoms with Crippen LogP contribution in [0.1, 0.15) is 122 Å². The Morgan fingerprint density at radius 2 is 1.20 bits per heavy atom. The second-order valence-electron chi connectivity index (χ2n) is 8.75. The van der Waals surface area contributed by atoms with Gasteiger partial charge in [0.2, 0.25) is 0 Å². The van der Waals surface area contributed by atoms with Crippen LogP contribution in [0.2, 0.25) is 0 Å². The van der Waals surface area contributed by atoms with E-state index in [9.17, 15) is 9.90 Å². The molecule has 0 heterocycles. The first-order valence-electron chi connectivity index (χ1n) is 12.7. The first kappa shape index (κ1) is 26.5. The molecule has 1 N–H and O–H groups in total. The smallest absolute Gasteiger partial charge is 0.132 e. The Morgan fingerprint density at radius 3 is 1.80 bits per heavy atom. The zero-order chi connectivity index (χ0) is 21.7. The number of hydrogen-bond donors (Lipinski definition) is 1. The number of carbonyl (C=O) groups is 1. The lowest BCUT2D eigenvalue weighted by Crippen LogP contribution is -1.98. The van der Waals surface area contributed by atoms with Crippen LogP contribution in [0.5, 0.6) is 5.75 Å². The van der Waals surface area contributed by atoms with E-state index in [1.165, 1.54) is 82.6 Å². The summed E-state index contributed by atoms with van der Waals surface area (Å²) in [6.07, 6.45) is 26.1. The molecule has 0 radical (unpaired) electrons. The molecule has 30 heavy (non-hydrogen) atoms. The minimum Gasteiger partial charge on any atom is -0.508 e. The minimum absolute atomic E-state index is 0.314. The van der Waals surface area contributed by atoms with E-state index >= 15 is 0 Å². The highest BCUT2D eigenvalue weighted by atomic mass is 16.3. The van der Waals surface area contributed by atoms with Gasteiger partial charge < -0.3 is 5.11 Å². The number of allylic oxidation sites excluding steroid dienone is 2. The predicted molar refractivity (Wildman–Crippen MR) is 130 cm³/mol. The number of rotatable bonds is 20. The standard InChI is InChI=1S/C28H46O2/c1-2-3-4-5-6-7-8-9-10-11-12-13-14-15-16-20-27(29)21-18-17-19-26-22-24-28(30)25-23-26/h9-10,22-25,30H,2-8,11-21H2,1H3/b10-9-. The van der Waals surface area contributed by atoms with Crippen molar-refractivity contribution in [3.63, 3.8) is 0 Å². The summed E-state index contributed by atoms with van der Waals surface area (Å²) in [5.41, 5.74) is 1.23. The molecular formula is C28H46O2. The lowest BCUT2D eigenvalue weighted by molar-refractivity contribution is -0.119. The molecule has 0 aromatic heterocycles. The molecule has 0 aliphatic carbocycles. The summed E-state index contributed by atoms with van der Waals surface area (Å²) in [5.74, 6) is 0.743. The Hall–Kier alpha value is -1.57. The third-order valence-corrected chi connectivity index (χ3v) is 5.82. The van der Waals surface area contributed by atoms with E-state index in [0.717, 1.165) is 38.5 Å². The molecule has 0 bridgehead atoms. The van der Waals surface area contributed by atoms with Crippen molar-refractivity contribution in [1.82, 2.24) is 0 Å². The summed E-state index contributed by atoms with van der Waals surface area (Å²) in [5, 5.41) is 9.28. The van der Waals surface area contributed by atoms with E-state index in [0.29, 0.717) is 11.5 Å². The fourth-order valence-corrected chi connectivity index (χ4v) is 3.83. The summed E-state index contributed by atoms with van der Waals surface area (Å²) in [6.45, 7) is 2.27. The Balaban J connectivity index is 1.82. The zero-order valence-corrected chi connectivity index (χ0v) is 19.5. The zero-order valence-electron chi connectivity index (χ0n) is 19.5. The van der Waals surface area contributed by atoms with Crippen LogP contribution in [-0.4, -0.2) is 10.9 Å². The van der Waals surface area contributed by atoms with Crippen molar-refractivity contribution >= 4 is 5.78 Å². The van der Waals surface area contributed by atoms with E-state index < -0.39 is 0 Å². The second-order valence-corrected chi connectivity index (χ2v) is 8.75. The largest absolute Gasteiger partial charge is 0.508 e. The van der Waals surface area contributed by atoms with Crippen molar-refractivity contribution < 1.29 is 9.90 Å². The molecule has 0 saturated heterocycles. The third kappa shape index (κ3) is 16.3. The summed E-state index contributed by atoms with van der Waals surface area (Å²) in [6, 6.07) is 7.38. The maximum absolute atomic E-state index is 12.0. The van der Waals surface area contributed by atoms with Gasteiger partial charge in [-0.1, -0.05) is 82.6 Å².